The number of hydroxylamine groups is 4. The molecular formula is C18H16F4N2O3. The fourth-order valence-corrected chi connectivity index (χ4v) is 2.85. The minimum absolute atomic E-state index is 0.156. The van der Waals surface area contributed by atoms with E-state index in [2.05, 4.69) is 4.74 Å². The zero-order chi connectivity index (χ0) is 19.8. The maximum Gasteiger partial charge on any atom is 0.573 e. The summed E-state index contributed by atoms with van der Waals surface area (Å²) in [7, 11) is 0. The molecule has 3 rings (SSSR count). The van der Waals surface area contributed by atoms with Crippen molar-refractivity contribution in [1.82, 2.24) is 10.1 Å². The minimum atomic E-state index is -4.95. The van der Waals surface area contributed by atoms with Crippen LogP contribution >= 0.6 is 0 Å². The SMILES string of the molecule is CC1=CN(O)C(=c2ccc(=C3C=CC(OC(F)(F)F)=C(F)C3)cc2)N(O)C1. The van der Waals surface area contributed by atoms with Crippen LogP contribution < -0.4 is 10.4 Å². The molecule has 1 aromatic carbocycles. The van der Waals surface area contributed by atoms with Crippen molar-refractivity contribution in [2.24, 2.45) is 0 Å². The van der Waals surface area contributed by atoms with Gasteiger partial charge in [-0.1, -0.05) is 30.3 Å². The number of ether oxygens (including phenoxy) is 1. The molecule has 2 aliphatic rings. The lowest BCUT2D eigenvalue weighted by Crippen LogP contribution is -2.37. The average Bonchev–Trinajstić information content (AvgIpc) is 2.55. The predicted octanol–water partition coefficient (Wildman–Crippen LogP) is 2.88. The van der Waals surface area contributed by atoms with Crippen LogP contribution in [0, 0.1) is 0 Å². The van der Waals surface area contributed by atoms with Gasteiger partial charge in [0.05, 0.1) is 6.54 Å². The maximum atomic E-state index is 13.9. The summed E-state index contributed by atoms with van der Waals surface area (Å²) in [4.78, 5) is 0. The fourth-order valence-electron chi connectivity index (χ4n) is 2.85. The van der Waals surface area contributed by atoms with E-state index < -0.39 is 17.9 Å². The van der Waals surface area contributed by atoms with Gasteiger partial charge in [-0.15, -0.1) is 13.2 Å². The van der Waals surface area contributed by atoms with Crippen LogP contribution in [0.4, 0.5) is 17.6 Å². The molecule has 0 unspecified atom stereocenters. The lowest BCUT2D eigenvalue weighted by atomic mass is 10.0. The first-order chi connectivity index (χ1) is 12.6. The zero-order valence-electron chi connectivity index (χ0n) is 14.2. The van der Waals surface area contributed by atoms with Crippen LogP contribution in [0.3, 0.4) is 0 Å². The Morgan fingerprint density at radius 2 is 1.67 bits per heavy atom. The third-order valence-corrected chi connectivity index (χ3v) is 3.99. The molecule has 0 aromatic heterocycles. The van der Waals surface area contributed by atoms with Crippen LogP contribution in [-0.4, -0.2) is 33.4 Å². The molecule has 0 saturated carbocycles. The molecule has 0 saturated heterocycles. The molecule has 0 spiro atoms. The number of allylic oxidation sites excluding steroid dienone is 3. The Morgan fingerprint density at radius 1 is 1.04 bits per heavy atom. The highest BCUT2D eigenvalue weighted by Crippen LogP contribution is 2.30. The van der Waals surface area contributed by atoms with Gasteiger partial charge in [-0.05, 0) is 29.4 Å². The van der Waals surface area contributed by atoms with Crippen molar-refractivity contribution in [1.29, 1.82) is 0 Å². The molecule has 27 heavy (non-hydrogen) atoms. The molecule has 1 aromatic rings. The van der Waals surface area contributed by atoms with E-state index in [9.17, 15) is 28.0 Å². The molecular weight excluding hydrogens is 368 g/mol. The van der Waals surface area contributed by atoms with Gasteiger partial charge in [0.2, 0.25) is 0 Å². The van der Waals surface area contributed by atoms with Crippen molar-refractivity contribution in [2.75, 3.05) is 6.54 Å². The number of alkyl halides is 3. The smallest absolute Gasteiger partial charge is 0.403 e. The second-order valence-electron chi connectivity index (χ2n) is 6.13. The average molecular weight is 384 g/mol. The van der Waals surface area contributed by atoms with Gasteiger partial charge in [0.1, 0.15) is 5.83 Å². The standard InChI is InChI=1S/C18H16F4N2O3/c1-11-9-23(25)17(24(26)10-11)13-4-2-12(3-5-13)14-6-7-16(15(19)8-14)27-18(20,21)22/h2-7,9,25-26H,8,10H2,1H3. The van der Waals surface area contributed by atoms with Gasteiger partial charge in [0, 0.05) is 17.8 Å². The molecule has 1 heterocycles. The summed E-state index contributed by atoms with van der Waals surface area (Å²) in [5.41, 5.74) is 1.22. The molecule has 2 N–H and O–H groups in total. The molecule has 0 amide bonds. The van der Waals surface area contributed by atoms with Crippen molar-refractivity contribution >= 4 is 11.4 Å². The molecule has 0 fully saturated rings. The Labute approximate surface area is 151 Å². The van der Waals surface area contributed by atoms with E-state index in [0.717, 1.165) is 21.8 Å². The summed E-state index contributed by atoms with van der Waals surface area (Å²) in [6, 6.07) is 6.46. The van der Waals surface area contributed by atoms with Gasteiger partial charge in [-0.3, -0.25) is 10.4 Å². The maximum absolute atomic E-state index is 13.9. The number of benzene rings is 1. The number of halogens is 4. The summed E-state index contributed by atoms with van der Waals surface area (Å²) in [5, 5.41) is 22.8. The van der Waals surface area contributed by atoms with Crippen LogP contribution in [0.1, 0.15) is 13.3 Å². The van der Waals surface area contributed by atoms with E-state index in [1.807, 2.05) is 0 Å². The first-order valence-corrected chi connectivity index (χ1v) is 7.92. The van der Waals surface area contributed by atoms with Gasteiger partial charge < -0.3 is 4.74 Å². The van der Waals surface area contributed by atoms with Crippen LogP contribution in [0.2, 0.25) is 0 Å². The summed E-state index contributed by atoms with van der Waals surface area (Å²) in [5.74, 6) is -1.71. The summed E-state index contributed by atoms with van der Waals surface area (Å²) in [6.45, 7) is 1.98. The van der Waals surface area contributed by atoms with E-state index >= 15 is 0 Å². The van der Waals surface area contributed by atoms with E-state index in [-0.39, 0.29) is 18.8 Å². The number of hydrogen-bond acceptors (Lipinski definition) is 5. The van der Waals surface area contributed by atoms with E-state index in [0.29, 0.717) is 16.0 Å². The van der Waals surface area contributed by atoms with Gasteiger partial charge in [-0.25, -0.2) is 14.5 Å². The Hall–Kier alpha value is -2.78. The van der Waals surface area contributed by atoms with Gasteiger partial charge in [0.25, 0.3) is 0 Å². The van der Waals surface area contributed by atoms with Crippen molar-refractivity contribution in [2.45, 2.75) is 19.7 Å². The monoisotopic (exact) mass is 384 g/mol. The predicted molar refractivity (Wildman–Crippen MR) is 87.4 cm³/mol. The third kappa shape index (κ3) is 4.32. The highest BCUT2D eigenvalue weighted by Gasteiger charge is 2.33. The third-order valence-electron chi connectivity index (χ3n) is 3.99. The molecule has 9 heteroatoms. The summed E-state index contributed by atoms with van der Waals surface area (Å²) >= 11 is 0. The lowest BCUT2D eigenvalue weighted by molar-refractivity contribution is -0.304. The largest absolute Gasteiger partial charge is 0.573 e. The molecule has 5 nitrogen and oxygen atoms in total. The second-order valence-corrected chi connectivity index (χ2v) is 6.13. The Bertz CT molecular complexity index is 940. The first kappa shape index (κ1) is 19.0. The number of hydrogen-bond donors (Lipinski definition) is 2. The molecule has 0 bridgehead atoms. The Balaban J connectivity index is 1.93. The summed E-state index contributed by atoms with van der Waals surface area (Å²) in [6.07, 6.45) is -1.53. The highest BCUT2D eigenvalue weighted by atomic mass is 19.4. The number of nitrogens with zero attached hydrogens (tertiary/aromatic N) is 2. The van der Waals surface area contributed by atoms with Crippen molar-refractivity contribution in [3.05, 3.63) is 70.2 Å². The van der Waals surface area contributed by atoms with Crippen LogP contribution in [0.15, 0.2) is 59.8 Å². The van der Waals surface area contributed by atoms with Crippen molar-refractivity contribution in [3.63, 3.8) is 0 Å². The van der Waals surface area contributed by atoms with E-state index in [4.69, 9.17) is 0 Å². The van der Waals surface area contributed by atoms with E-state index in [1.165, 1.54) is 12.3 Å². The Kier molecular flexibility index (Phi) is 4.99. The second kappa shape index (κ2) is 7.09. The fraction of sp³-hybridized carbons (Fsp3) is 0.222. The van der Waals surface area contributed by atoms with Crippen LogP contribution in [0.25, 0.3) is 11.4 Å². The normalized spacial score (nSPS) is 18.3. The van der Waals surface area contributed by atoms with Crippen molar-refractivity contribution in [3.8, 4) is 0 Å². The van der Waals surface area contributed by atoms with Gasteiger partial charge in [-0.2, -0.15) is 0 Å². The lowest BCUT2D eigenvalue weighted by Gasteiger charge is -2.30. The highest BCUT2D eigenvalue weighted by molar-refractivity contribution is 5.63. The molecule has 1 aliphatic carbocycles. The van der Waals surface area contributed by atoms with Crippen LogP contribution in [0.5, 0.6) is 0 Å². The summed E-state index contributed by atoms with van der Waals surface area (Å²) < 4.78 is 54.2. The zero-order valence-corrected chi connectivity index (χ0v) is 14.2. The topological polar surface area (TPSA) is 56.2 Å². The van der Waals surface area contributed by atoms with Crippen molar-refractivity contribution < 1.29 is 32.7 Å². The van der Waals surface area contributed by atoms with Gasteiger partial charge in [0.15, 0.2) is 11.6 Å². The molecule has 0 atom stereocenters. The quantitative estimate of drug-likeness (QED) is 0.730. The van der Waals surface area contributed by atoms with E-state index in [1.54, 1.807) is 31.2 Å². The molecule has 1 aliphatic heterocycles. The minimum Gasteiger partial charge on any atom is -0.403 e. The van der Waals surface area contributed by atoms with Crippen LogP contribution in [-0.2, 0) is 4.74 Å². The van der Waals surface area contributed by atoms with Gasteiger partial charge >= 0.3 is 6.36 Å². The molecule has 144 valence electrons. The first-order valence-electron chi connectivity index (χ1n) is 7.92. The molecule has 0 radical (unpaired) electrons. The Morgan fingerprint density at radius 3 is 2.22 bits per heavy atom. The number of rotatable bonds is 1.